The van der Waals surface area contributed by atoms with E-state index in [4.69, 9.17) is 0 Å². The summed E-state index contributed by atoms with van der Waals surface area (Å²) >= 11 is 3.25. The normalized spacial score (nSPS) is 13.6. The van der Waals surface area contributed by atoms with Gasteiger partial charge in [0.15, 0.2) is 5.16 Å². The van der Waals surface area contributed by atoms with E-state index < -0.39 is 5.76 Å². The lowest BCUT2D eigenvalue weighted by atomic mass is 9.97. The van der Waals surface area contributed by atoms with Crippen molar-refractivity contribution < 1.29 is 13.6 Å². The van der Waals surface area contributed by atoms with Crippen molar-refractivity contribution in [1.29, 1.82) is 0 Å². The van der Waals surface area contributed by atoms with Gasteiger partial charge in [-0.15, -0.1) is 11.3 Å². The SMILES string of the molecule is Cn1c(SCC(=O)Nc2ccc(SC(F)F)cc2)nc2sc3c(c2c1=O)CCCC3. The number of nitrogens with zero attached hydrogens (tertiary/aromatic N) is 2. The molecule has 10 heteroatoms. The predicted molar refractivity (Wildman–Crippen MR) is 119 cm³/mol. The largest absolute Gasteiger partial charge is 0.325 e. The van der Waals surface area contributed by atoms with Crippen molar-refractivity contribution >= 4 is 56.7 Å². The van der Waals surface area contributed by atoms with Crippen molar-refractivity contribution in [3.05, 3.63) is 45.1 Å². The Balaban J connectivity index is 1.45. The van der Waals surface area contributed by atoms with Crippen molar-refractivity contribution in [3.63, 3.8) is 0 Å². The zero-order valence-electron chi connectivity index (χ0n) is 16.1. The van der Waals surface area contributed by atoms with E-state index >= 15 is 0 Å². The number of anilines is 1. The van der Waals surface area contributed by atoms with Crippen LogP contribution >= 0.6 is 34.9 Å². The lowest BCUT2D eigenvalue weighted by Crippen LogP contribution is -2.22. The summed E-state index contributed by atoms with van der Waals surface area (Å²) in [6.45, 7) is 0. The second-order valence-electron chi connectivity index (χ2n) is 6.89. The molecule has 1 aromatic carbocycles. The molecule has 0 atom stereocenters. The molecule has 0 aliphatic heterocycles. The first-order valence-corrected chi connectivity index (χ1v) is 12.1. The highest BCUT2D eigenvalue weighted by atomic mass is 32.2. The number of halogens is 2. The van der Waals surface area contributed by atoms with Crippen LogP contribution in [-0.2, 0) is 24.7 Å². The van der Waals surface area contributed by atoms with Gasteiger partial charge in [-0.3, -0.25) is 14.2 Å². The molecule has 5 nitrogen and oxygen atoms in total. The van der Waals surface area contributed by atoms with E-state index in [-0.39, 0.29) is 17.2 Å². The number of benzene rings is 1. The molecular formula is C20H19F2N3O2S3. The Bertz CT molecular complexity index is 1140. The standard InChI is InChI=1S/C20H19F2N3O2S3/c1-25-18(27)16-13-4-2-3-5-14(13)30-17(16)24-20(25)28-10-15(26)23-11-6-8-12(9-7-11)29-19(21)22/h6-9,19H,2-5,10H2,1H3,(H,23,26). The van der Waals surface area contributed by atoms with Crippen LogP contribution < -0.4 is 10.9 Å². The van der Waals surface area contributed by atoms with Gasteiger partial charge >= 0.3 is 0 Å². The van der Waals surface area contributed by atoms with Gasteiger partial charge in [-0.25, -0.2) is 4.98 Å². The first-order chi connectivity index (χ1) is 14.4. The van der Waals surface area contributed by atoms with Gasteiger partial charge in [-0.1, -0.05) is 23.5 Å². The number of hydrogen-bond donors (Lipinski definition) is 1. The molecule has 158 valence electrons. The number of hydrogen-bond acceptors (Lipinski definition) is 6. The quantitative estimate of drug-likeness (QED) is 0.412. The van der Waals surface area contributed by atoms with E-state index in [9.17, 15) is 18.4 Å². The van der Waals surface area contributed by atoms with Gasteiger partial charge in [-0.2, -0.15) is 8.78 Å². The minimum atomic E-state index is -2.48. The summed E-state index contributed by atoms with van der Waals surface area (Å²) in [5, 5.41) is 3.97. The fraction of sp³-hybridized carbons (Fsp3) is 0.350. The van der Waals surface area contributed by atoms with Crippen LogP contribution in [0.5, 0.6) is 0 Å². The maximum Gasteiger partial charge on any atom is 0.288 e. The summed E-state index contributed by atoms with van der Waals surface area (Å²) in [4.78, 5) is 32.3. The Kier molecular flexibility index (Phi) is 6.45. The summed E-state index contributed by atoms with van der Waals surface area (Å²) in [5.41, 5.74) is 1.62. The molecule has 0 bridgehead atoms. The molecule has 2 aromatic heterocycles. The van der Waals surface area contributed by atoms with Crippen molar-refractivity contribution in [2.24, 2.45) is 7.05 Å². The number of amides is 1. The third-order valence-electron chi connectivity index (χ3n) is 4.85. The first kappa shape index (κ1) is 21.3. The molecule has 0 unspecified atom stereocenters. The predicted octanol–water partition coefficient (Wildman–Crippen LogP) is 4.92. The molecule has 0 spiro atoms. The molecule has 0 saturated carbocycles. The molecule has 0 fully saturated rings. The van der Waals surface area contributed by atoms with Gasteiger partial charge in [0.2, 0.25) is 5.91 Å². The van der Waals surface area contributed by atoms with Gasteiger partial charge < -0.3 is 5.32 Å². The number of alkyl halides is 2. The lowest BCUT2D eigenvalue weighted by molar-refractivity contribution is -0.113. The lowest BCUT2D eigenvalue weighted by Gasteiger charge is -2.11. The van der Waals surface area contributed by atoms with E-state index in [2.05, 4.69) is 10.3 Å². The van der Waals surface area contributed by atoms with Crippen molar-refractivity contribution in [2.45, 2.75) is 41.5 Å². The summed E-state index contributed by atoms with van der Waals surface area (Å²) in [6, 6.07) is 6.25. The van der Waals surface area contributed by atoms with Crippen molar-refractivity contribution in [2.75, 3.05) is 11.1 Å². The fourth-order valence-corrected chi connectivity index (χ4v) is 6.02. The van der Waals surface area contributed by atoms with E-state index in [0.717, 1.165) is 41.5 Å². The van der Waals surface area contributed by atoms with Crippen LogP contribution in [0.25, 0.3) is 10.2 Å². The van der Waals surface area contributed by atoms with Crippen LogP contribution in [0, 0.1) is 0 Å². The Morgan fingerprint density at radius 1 is 1.27 bits per heavy atom. The number of thiophene rings is 1. The average Bonchev–Trinajstić information content (AvgIpc) is 3.09. The second kappa shape index (κ2) is 9.07. The number of carbonyl (C=O) groups is 1. The van der Waals surface area contributed by atoms with Crippen LogP contribution in [0.15, 0.2) is 39.1 Å². The van der Waals surface area contributed by atoms with Crippen LogP contribution in [-0.4, -0.2) is 27.0 Å². The summed E-state index contributed by atoms with van der Waals surface area (Å²) in [6.07, 6.45) is 4.17. The zero-order valence-corrected chi connectivity index (χ0v) is 18.6. The Hall–Kier alpha value is -1.91. The highest BCUT2D eigenvalue weighted by Gasteiger charge is 2.21. The van der Waals surface area contributed by atoms with Gasteiger partial charge in [0, 0.05) is 22.5 Å². The Morgan fingerprint density at radius 3 is 2.73 bits per heavy atom. The fourth-order valence-electron chi connectivity index (χ4n) is 3.44. The number of thioether (sulfide) groups is 2. The molecule has 1 N–H and O–H groups in total. The monoisotopic (exact) mass is 467 g/mol. The smallest absolute Gasteiger partial charge is 0.288 e. The highest BCUT2D eigenvalue weighted by molar-refractivity contribution is 8.00. The molecule has 1 aliphatic carbocycles. The van der Waals surface area contributed by atoms with Crippen LogP contribution in [0.2, 0.25) is 0 Å². The van der Waals surface area contributed by atoms with E-state index in [1.54, 1.807) is 30.5 Å². The van der Waals surface area contributed by atoms with Crippen LogP contribution in [0.4, 0.5) is 14.5 Å². The molecule has 0 radical (unpaired) electrons. The zero-order chi connectivity index (χ0) is 21.3. The second-order valence-corrected chi connectivity index (χ2v) is 9.98. The first-order valence-electron chi connectivity index (χ1n) is 9.41. The molecule has 2 heterocycles. The topological polar surface area (TPSA) is 64.0 Å². The summed E-state index contributed by atoms with van der Waals surface area (Å²) in [5.74, 6) is -2.65. The molecule has 1 amide bonds. The minimum absolute atomic E-state index is 0.0607. The summed E-state index contributed by atoms with van der Waals surface area (Å²) in [7, 11) is 1.68. The molecule has 0 saturated heterocycles. The number of fused-ring (bicyclic) bond motifs is 3. The Morgan fingerprint density at radius 2 is 2.00 bits per heavy atom. The van der Waals surface area contributed by atoms with Gasteiger partial charge in [0.1, 0.15) is 4.83 Å². The molecular weight excluding hydrogens is 448 g/mol. The van der Waals surface area contributed by atoms with E-state index in [0.29, 0.717) is 27.5 Å². The maximum absolute atomic E-state index is 12.9. The van der Waals surface area contributed by atoms with Gasteiger partial charge in [-0.05, 0) is 55.5 Å². The third kappa shape index (κ3) is 4.55. The molecule has 30 heavy (non-hydrogen) atoms. The van der Waals surface area contributed by atoms with Crippen molar-refractivity contribution in [1.82, 2.24) is 9.55 Å². The minimum Gasteiger partial charge on any atom is -0.325 e. The number of aromatic nitrogens is 2. The summed E-state index contributed by atoms with van der Waals surface area (Å²) < 4.78 is 26.3. The maximum atomic E-state index is 12.9. The molecule has 1 aliphatic rings. The number of nitrogens with one attached hydrogen (secondary N) is 1. The third-order valence-corrected chi connectivity index (χ3v) is 7.79. The number of aryl methyl sites for hydroxylation is 2. The molecule has 4 rings (SSSR count). The van der Waals surface area contributed by atoms with E-state index in [1.807, 2.05) is 0 Å². The van der Waals surface area contributed by atoms with Crippen LogP contribution in [0.3, 0.4) is 0 Å². The van der Waals surface area contributed by atoms with Crippen molar-refractivity contribution in [3.8, 4) is 0 Å². The number of carbonyl (C=O) groups excluding carboxylic acids is 1. The Labute approximate surface area is 184 Å². The van der Waals surface area contributed by atoms with Crippen LogP contribution in [0.1, 0.15) is 23.3 Å². The van der Waals surface area contributed by atoms with Gasteiger partial charge in [0.05, 0.1) is 11.1 Å². The highest BCUT2D eigenvalue weighted by Crippen LogP contribution is 2.34. The number of rotatable bonds is 6. The molecule has 3 aromatic rings. The average molecular weight is 468 g/mol. The van der Waals surface area contributed by atoms with Gasteiger partial charge in [0.25, 0.3) is 11.3 Å². The van der Waals surface area contributed by atoms with E-state index in [1.165, 1.54) is 33.3 Å².